The van der Waals surface area contributed by atoms with Crippen molar-refractivity contribution in [1.29, 1.82) is 0 Å². The molecular weight excluding hydrogens is 202 g/mol. The molecule has 0 aromatic carbocycles. The third kappa shape index (κ3) is 8.47. The summed E-state index contributed by atoms with van der Waals surface area (Å²) in [4.78, 5) is 0. The zero-order chi connectivity index (χ0) is 11.0. The van der Waals surface area contributed by atoms with Crippen molar-refractivity contribution in [2.45, 2.75) is 25.8 Å². The summed E-state index contributed by atoms with van der Waals surface area (Å²) in [6.07, 6.45) is 3.01. The summed E-state index contributed by atoms with van der Waals surface area (Å²) in [5.74, 6) is 0.213. The molecule has 1 N–H and O–H groups in total. The molecule has 0 rings (SSSR count). The number of nitrogens with one attached hydrogen (secondary N) is 1. The number of rotatable bonds is 8. The molecule has 0 aliphatic carbocycles. The van der Waals surface area contributed by atoms with Gasteiger partial charge in [-0.25, -0.2) is 8.42 Å². The van der Waals surface area contributed by atoms with Gasteiger partial charge in [-0.2, -0.15) is 0 Å². The van der Waals surface area contributed by atoms with Gasteiger partial charge < -0.3 is 10.1 Å². The van der Waals surface area contributed by atoms with E-state index in [1.807, 2.05) is 6.92 Å². The van der Waals surface area contributed by atoms with Gasteiger partial charge in [0, 0.05) is 26.0 Å². The zero-order valence-corrected chi connectivity index (χ0v) is 10.1. The molecule has 0 saturated heterocycles. The Labute approximate surface area is 86.9 Å². The molecule has 5 heteroatoms. The van der Waals surface area contributed by atoms with Crippen molar-refractivity contribution >= 4 is 9.84 Å². The van der Waals surface area contributed by atoms with E-state index in [2.05, 4.69) is 5.32 Å². The van der Waals surface area contributed by atoms with Gasteiger partial charge in [0.2, 0.25) is 0 Å². The van der Waals surface area contributed by atoms with Crippen LogP contribution in [0.3, 0.4) is 0 Å². The van der Waals surface area contributed by atoms with E-state index in [0.29, 0.717) is 6.61 Å². The summed E-state index contributed by atoms with van der Waals surface area (Å²) in [6.45, 7) is 3.46. The molecular formula is C9H21NO3S. The van der Waals surface area contributed by atoms with E-state index in [4.69, 9.17) is 4.74 Å². The van der Waals surface area contributed by atoms with Gasteiger partial charge in [-0.1, -0.05) is 6.92 Å². The molecule has 0 saturated carbocycles. The Morgan fingerprint density at radius 3 is 2.50 bits per heavy atom. The Morgan fingerprint density at radius 2 is 2.07 bits per heavy atom. The van der Waals surface area contributed by atoms with Gasteiger partial charge in [-0.3, -0.25) is 0 Å². The molecule has 0 aliphatic rings. The van der Waals surface area contributed by atoms with Crippen LogP contribution in [0.15, 0.2) is 0 Å². The molecule has 0 bridgehead atoms. The molecule has 1 atom stereocenters. The van der Waals surface area contributed by atoms with Gasteiger partial charge in [-0.15, -0.1) is 0 Å². The fraction of sp³-hybridized carbons (Fsp3) is 1.00. The second-order valence-corrected chi connectivity index (χ2v) is 5.67. The van der Waals surface area contributed by atoms with Crippen LogP contribution in [-0.2, 0) is 14.6 Å². The topological polar surface area (TPSA) is 55.4 Å². The second-order valence-electron chi connectivity index (χ2n) is 3.48. The molecule has 0 aromatic rings. The highest BCUT2D eigenvalue weighted by molar-refractivity contribution is 7.90. The molecule has 4 nitrogen and oxygen atoms in total. The second kappa shape index (κ2) is 7.20. The summed E-state index contributed by atoms with van der Waals surface area (Å²) in [7, 11) is -1.23. The van der Waals surface area contributed by atoms with Gasteiger partial charge in [0.05, 0.1) is 5.75 Å². The van der Waals surface area contributed by atoms with Crippen LogP contribution in [0, 0.1) is 0 Å². The van der Waals surface area contributed by atoms with Crippen molar-refractivity contribution in [3.05, 3.63) is 0 Å². The van der Waals surface area contributed by atoms with E-state index in [1.165, 1.54) is 6.26 Å². The first kappa shape index (κ1) is 13.9. The van der Waals surface area contributed by atoms with E-state index in [0.717, 1.165) is 19.4 Å². The lowest BCUT2D eigenvalue weighted by molar-refractivity contribution is 0.189. The normalized spacial score (nSPS) is 14.2. The maximum atomic E-state index is 11.1. The van der Waals surface area contributed by atoms with Crippen LogP contribution in [0.25, 0.3) is 0 Å². The van der Waals surface area contributed by atoms with Crippen molar-refractivity contribution in [1.82, 2.24) is 5.32 Å². The lowest BCUT2D eigenvalue weighted by Gasteiger charge is -2.16. The minimum Gasteiger partial charge on any atom is -0.385 e. The Kier molecular flexibility index (Phi) is 7.13. The Bertz CT molecular complexity index is 226. The maximum absolute atomic E-state index is 11.1. The standard InChI is InChI=1S/C9H21NO3S/c1-4-10-9(6-5-7-13-2)8-14(3,11)12/h9-10H,4-8H2,1-3H3. The van der Waals surface area contributed by atoms with Crippen LogP contribution in [0.5, 0.6) is 0 Å². The summed E-state index contributed by atoms with van der Waals surface area (Å²) in [5.41, 5.74) is 0. The minimum atomic E-state index is -2.89. The summed E-state index contributed by atoms with van der Waals surface area (Å²) in [5, 5.41) is 3.16. The summed E-state index contributed by atoms with van der Waals surface area (Å²) < 4.78 is 27.1. The fourth-order valence-electron chi connectivity index (χ4n) is 1.37. The largest absolute Gasteiger partial charge is 0.385 e. The smallest absolute Gasteiger partial charge is 0.148 e. The lowest BCUT2D eigenvalue weighted by atomic mass is 10.2. The van der Waals surface area contributed by atoms with E-state index in [9.17, 15) is 8.42 Å². The average molecular weight is 223 g/mol. The fourth-order valence-corrected chi connectivity index (χ4v) is 2.39. The monoisotopic (exact) mass is 223 g/mol. The first-order valence-electron chi connectivity index (χ1n) is 4.89. The summed E-state index contributed by atoms with van der Waals surface area (Å²) in [6, 6.07) is 0.0603. The number of ether oxygens (including phenoxy) is 1. The molecule has 1 unspecified atom stereocenters. The van der Waals surface area contributed by atoms with Gasteiger partial charge in [0.15, 0.2) is 0 Å². The number of sulfone groups is 1. The number of hydrogen-bond donors (Lipinski definition) is 1. The molecule has 0 aliphatic heterocycles. The molecule has 0 aromatic heterocycles. The number of methoxy groups -OCH3 is 1. The first-order valence-corrected chi connectivity index (χ1v) is 6.95. The van der Waals surface area contributed by atoms with Crippen molar-refractivity contribution in [2.75, 3.05) is 32.3 Å². The molecule has 14 heavy (non-hydrogen) atoms. The number of hydrogen-bond acceptors (Lipinski definition) is 4. The third-order valence-corrected chi connectivity index (χ3v) is 2.91. The van der Waals surface area contributed by atoms with E-state index in [-0.39, 0.29) is 11.8 Å². The molecule has 86 valence electrons. The van der Waals surface area contributed by atoms with E-state index < -0.39 is 9.84 Å². The van der Waals surface area contributed by atoms with Crippen LogP contribution in [0.2, 0.25) is 0 Å². The van der Waals surface area contributed by atoms with E-state index >= 15 is 0 Å². The van der Waals surface area contributed by atoms with Gasteiger partial charge in [0.1, 0.15) is 9.84 Å². The van der Waals surface area contributed by atoms with Crippen molar-refractivity contribution in [3.63, 3.8) is 0 Å². The van der Waals surface area contributed by atoms with Crippen LogP contribution in [-0.4, -0.2) is 46.7 Å². The van der Waals surface area contributed by atoms with Gasteiger partial charge >= 0.3 is 0 Å². The average Bonchev–Trinajstić information content (AvgIpc) is 2.02. The Morgan fingerprint density at radius 1 is 1.43 bits per heavy atom. The maximum Gasteiger partial charge on any atom is 0.148 e. The molecule has 0 fully saturated rings. The summed E-state index contributed by atoms with van der Waals surface area (Å²) >= 11 is 0. The molecule has 0 spiro atoms. The van der Waals surface area contributed by atoms with Gasteiger partial charge in [-0.05, 0) is 19.4 Å². The van der Waals surface area contributed by atoms with Crippen molar-refractivity contribution < 1.29 is 13.2 Å². The Balaban J connectivity index is 3.89. The van der Waals surface area contributed by atoms with Crippen LogP contribution in [0.4, 0.5) is 0 Å². The van der Waals surface area contributed by atoms with Gasteiger partial charge in [0.25, 0.3) is 0 Å². The van der Waals surface area contributed by atoms with E-state index in [1.54, 1.807) is 7.11 Å². The SMILES string of the molecule is CCNC(CCCOC)CS(C)(=O)=O. The Hall–Kier alpha value is -0.130. The molecule has 0 heterocycles. The highest BCUT2D eigenvalue weighted by Crippen LogP contribution is 2.01. The van der Waals surface area contributed by atoms with Crippen molar-refractivity contribution in [3.8, 4) is 0 Å². The predicted molar refractivity (Wildman–Crippen MR) is 58.3 cm³/mol. The van der Waals surface area contributed by atoms with Crippen molar-refractivity contribution in [2.24, 2.45) is 0 Å². The molecule has 0 radical (unpaired) electrons. The highest BCUT2D eigenvalue weighted by Gasteiger charge is 2.13. The lowest BCUT2D eigenvalue weighted by Crippen LogP contribution is -2.35. The quantitative estimate of drug-likeness (QED) is 0.607. The minimum absolute atomic E-state index is 0.0603. The molecule has 0 amide bonds. The zero-order valence-electron chi connectivity index (χ0n) is 9.25. The van der Waals surface area contributed by atoms with Crippen LogP contribution >= 0.6 is 0 Å². The van der Waals surface area contributed by atoms with Crippen LogP contribution in [0.1, 0.15) is 19.8 Å². The third-order valence-electron chi connectivity index (χ3n) is 1.90. The predicted octanol–water partition coefficient (Wildman–Crippen LogP) is 0.436. The first-order chi connectivity index (χ1) is 6.49. The van der Waals surface area contributed by atoms with Crippen LogP contribution < -0.4 is 5.32 Å². The highest BCUT2D eigenvalue weighted by atomic mass is 32.2.